The second-order valence-corrected chi connectivity index (χ2v) is 5.91. The van der Waals surface area contributed by atoms with Gasteiger partial charge >= 0.3 is 0 Å². The van der Waals surface area contributed by atoms with Crippen molar-refractivity contribution in [1.29, 1.82) is 0 Å². The Hall–Kier alpha value is -3.27. The number of anilines is 3. The Bertz CT molecular complexity index is 872. The zero-order chi connectivity index (χ0) is 17.6. The molecule has 4 heteroatoms. The molecular formula is C21H21N3O. The van der Waals surface area contributed by atoms with Crippen molar-refractivity contribution >= 4 is 23.0 Å². The number of hydrogen-bond acceptors (Lipinski definition) is 3. The summed E-state index contributed by atoms with van der Waals surface area (Å²) in [6.07, 6.45) is 0. The van der Waals surface area contributed by atoms with Crippen molar-refractivity contribution in [3.63, 3.8) is 0 Å². The first kappa shape index (κ1) is 16.6. The second kappa shape index (κ2) is 7.53. The topological polar surface area (TPSA) is 67.2 Å². The van der Waals surface area contributed by atoms with Gasteiger partial charge in [0.2, 0.25) is 0 Å². The Morgan fingerprint density at radius 2 is 1.52 bits per heavy atom. The van der Waals surface area contributed by atoms with Crippen LogP contribution < -0.4 is 16.4 Å². The largest absolute Gasteiger partial charge is 0.397 e. The van der Waals surface area contributed by atoms with Crippen molar-refractivity contribution < 1.29 is 4.79 Å². The van der Waals surface area contributed by atoms with Crippen LogP contribution in [0.25, 0.3) is 0 Å². The Labute approximate surface area is 147 Å². The standard InChI is InChI=1S/C21H21N3O/c1-15-6-2-4-8-19(15)23-14-16-10-12-17(13-11-16)21(25)24-20-9-5-3-7-18(20)22/h2-13,23H,14,22H2,1H3,(H,24,25). The lowest BCUT2D eigenvalue weighted by Crippen LogP contribution is -2.13. The summed E-state index contributed by atoms with van der Waals surface area (Å²) in [6.45, 7) is 2.78. The van der Waals surface area contributed by atoms with Crippen LogP contribution in [0.3, 0.4) is 0 Å². The third kappa shape index (κ3) is 4.18. The molecular weight excluding hydrogens is 310 g/mol. The molecule has 0 heterocycles. The van der Waals surface area contributed by atoms with Crippen molar-refractivity contribution in [3.8, 4) is 0 Å². The maximum Gasteiger partial charge on any atom is 0.255 e. The van der Waals surface area contributed by atoms with E-state index in [1.807, 2.05) is 48.5 Å². The summed E-state index contributed by atoms with van der Waals surface area (Å²) in [5.41, 5.74) is 11.1. The number of amides is 1. The predicted octanol–water partition coefficient (Wildman–Crippen LogP) is 4.44. The van der Waals surface area contributed by atoms with Crippen LogP contribution in [0.15, 0.2) is 72.8 Å². The summed E-state index contributed by atoms with van der Waals surface area (Å²) in [5, 5.41) is 6.24. The number of nitrogens with two attached hydrogens (primary N) is 1. The molecule has 0 fully saturated rings. The van der Waals surface area contributed by atoms with E-state index in [-0.39, 0.29) is 5.91 Å². The van der Waals surface area contributed by atoms with Gasteiger partial charge in [-0.15, -0.1) is 0 Å². The van der Waals surface area contributed by atoms with Gasteiger partial charge < -0.3 is 16.4 Å². The summed E-state index contributed by atoms with van der Waals surface area (Å²) in [7, 11) is 0. The molecule has 4 nitrogen and oxygen atoms in total. The fourth-order valence-corrected chi connectivity index (χ4v) is 2.55. The van der Waals surface area contributed by atoms with Crippen molar-refractivity contribution in [2.45, 2.75) is 13.5 Å². The first-order valence-corrected chi connectivity index (χ1v) is 8.18. The van der Waals surface area contributed by atoms with Crippen LogP contribution in [0, 0.1) is 6.92 Å². The van der Waals surface area contributed by atoms with Crippen LogP contribution >= 0.6 is 0 Å². The van der Waals surface area contributed by atoms with E-state index in [1.54, 1.807) is 12.1 Å². The van der Waals surface area contributed by atoms with Crippen molar-refractivity contribution in [3.05, 3.63) is 89.5 Å². The van der Waals surface area contributed by atoms with Gasteiger partial charge in [-0.3, -0.25) is 4.79 Å². The Morgan fingerprint density at radius 1 is 0.880 bits per heavy atom. The molecule has 25 heavy (non-hydrogen) atoms. The minimum Gasteiger partial charge on any atom is -0.397 e. The smallest absolute Gasteiger partial charge is 0.255 e. The number of carbonyl (C=O) groups is 1. The molecule has 0 aliphatic carbocycles. The molecule has 3 aromatic rings. The first-order chi connectivity index (χ1) is 12.1. The van der Waals surface area contributed by atoms with Crippen molar-refractivity contribution in [2.75, 3.05) is 16.4 Å². The summed E-state index contributed by atoms with van der Waals surface area (Å²) >= 11 is 0. The lowest BCUT2D eigenvalue weighted by molar-refractivity contribution is 0.102. The third-order valence-corrected chi connectivity index (χ3v) is 4.05. The quantitative estimate of drug-likeness (QED) is 0.605. The fourth-order valence-electron chi connectivity index (χ4n) is 2.55. The maximum absolute atomic E-state index is 12.3. The van der Waals surface area contributed by atoms with Gasteiger partial charge in [0.1, 0.15) is 0 Å². The molecule has 1 amide bonds. The van der Waals surface area contributed by atoms with Gasteiger partial charge in [-0.25, -0.2) is 0 Å². The zero-order valence-electron chi connectivity index (χ0n) is 14.1. The van der Waals surface area contributed by atoms with E-state index in [4.69, 9.17) is 5.73 Å². The number of hydrogen-bond donors (Lipinski definition) is 3. The summed E-state index contributed by atoms with van der Waals surface area (Å²) in [4.78, 5) is 12.3. The molecule has 0 aliphatic heterocycles. The molecule has 0 aromatic heterocycles. The number of nitrogens with one attached hydrogen (secondary N) is 2. The Kier molecular flexibility index (Phi) is 5.00. The molecule has 0 saturated heterocycles. The molecule has 3 rings (SSSR count). The van der Waals surface area contributed by atoms with Gasteiger partial charge in [-0.1, -0.05) is 42.5 Å². The number of aryl methyl sites for hydroxylation is 1. The summed E-state index contributed by atoms with van der Waals surface area (Å²) < 4.78 is 0. The summed E-state index contributed by atoms with van der Waals surface area (Å²) in [5.74, 6) is -0.170. The van der Waals surface area contributed by atoms with Gasteiger partial charge in [-0.2, -0.15) is 0 Å². The molecule has 0 bridgehead atoms. The molecule has 3 aromatic carbocycles. The van der Waals surface area contributed by atoms with Crippen LogP contribution in [0.1, 0.15) is 21.5 Å². The normalized spacial score (nSPS) is 10.3. The number of carbonyl (C=O) groups excluding carboxylic acids is 1. The molecule has 0 aliphatic rings. The van der Waals surface area contributed by atoms with E-state index in [9.17, 15) is 4.79 Å². The monoisotopic (exact) mass is 331 g/mol. The van der Waals surface area contributed by atoms with Crippen LogP contribution in [0.2, 0.25) is 0 Å². The summed E-state index contributed by atoms with van der Waals surface area (Å²) in [6, 6.07) is 22.9. The van der Waals surface area contributed by atoms with Crippen LogP contribution in [0.5, 0.6) is 0 Å². The number of rotatable bonds is 5. The molecule has 0 radical (unpaired) electrons. The third-order valence-electron chi connectivity index (χ3n) is 4.05. The molecule has 0 spiro atoms. The van der Waals surface area contributed by atoms with Gasteiger partial charge in [0.05, 0.1) is 11.4 Å². The maximum atomic E-state index is 12.3. The van der Waals surface area contributed by atoms with E-state index in [0.717, 1.165) is 11.3 Å². The minimum atomic E-state index is -0.170. The van der Waals surface area contributed by atoms with E-state index in [0.29, 0.717) is 23.5 Å². The Balaban J connectivity index is 1.63. The Morgan fingerprint density at radius 3 is 2.20 bits per heavy atom. The van der Waals surface area contributed by atoms with Crippen LogP contribution in [-0.4, -0.2) is 5.91 Å². The van der Waals surface area contributed by atoms with Gasteiger partial charge in [0.25, 0.3) is 5.91 Å². The molecule has 0 unspecified atom stereocenters. The van der Waals surface area contributed by atoms with Gasteiger partial charge in [-0.05, 0) is 48.4 Å². The lowest BCUT2D eigenvalue weighted by Gasteiger charge is -2.10. The molecule has 4 N–H and O–H groups in total. The predicted molar refractivity (Wildman–Crippen MR) is 104 cm³/mol. The van der Waals surface area contributed by atoms with Crippen LogP contribution in [-0.2, 0) is 6.54 Å². The second-order valence-electron chi connectivity index (χ2n) is 5.91. The van der Waals surface area contributed by atoms with Crippen LogP contribution in [0.4, 0.5) is 17.1 Å². The van der Waals surface area contributed by atoms with Crippen molar-refractivity contribution in [1.82, 2.24) is 0 Å². The highest BCUT2D eigenvalue weighted by Gasteiger charge is 2.07. The van der Waals surface area contributed by atoms with E-state index in [2.05, 4.69) is 29.7 Å². The van der Waals surface area contributed by atoms with Crippen molar-refractivity contribution in [2.24, 2.45) is 0 Å². The average Bonchev–Trinajstić information content (AvgIpc) is 2.63. The van der Waals surface area contributed by atoms with E-state index >= 15 is 0 Å². The van der Waals surface area contributed by atoms with Gasteiger partial charge in [0, 0.05) is 17.8 Å². The minimum absolute atomic E-state index is 0.170. The number of para-hydroxylation sites is 3. The molecule has 0 atom stereocenters. The lowest BCUT2D eigenvalue weighted by atomic mass is 10.1. The number of benzene rings is 3. The first-order valence-electron chi connectivity index (χ1n) is 8.18. The number of nitrogen functional groups attached to an aromatic ring is 1. The molecule has 0 saturated carbocycles. The van der Waals surface area contributed by atoms with E-state index in [1.165, 1.54) is 5.56 Å². The SMILES string of the molecule is Cc1ccccc1NCc1ccc(C(=O)Nc2ccccc2N)cc1. The molecule has 126 valence electrons. The van der Waals surface area contributed by atoms with Gasteiger partial charge in [0.15, 0.2) is 0 Å². The highest BCUT2D eigenvalue weighted by molar-refractivity contribution is 6.05. The zero-order valence-corrected chi connectivity index (χ0v) is 14.1. The van der Waals surface area contributed by atoms with E-state index < -0.39 is 0 Å². The highest BCUT2D eigenvalue weighted by atomic mass is 16.1. The highest BCUT2D eigenvalue weighted by Crippen LogP contribution is 2.18. The fraction of sp³-hybridized carbons (Fsp3) is 0.0952. The average molecular weight is 331 g/mol.